The van der Waals surface area contributed by atoms with Crippen LogP contribution in [0.4, 0.5) is 5.69 Å². The first kappa shape index (κ1) is 16.1. The molecule has 0 aliphatic carbocycles. The van der Waals surface area contributed by atoms with Gasteiger partial charge in [0.15, 0.2) is 17.5 Å². The second-order valence-electron chi connectivity index (χ2n) is 4.40. The van der Waals surface area contributed by atoms with Crippen molar-refractivity contribution in [1.82, 2.24) is 5.32 Å². The van der Waals surface area contributed by atoms with E-state index in [1.807, 2.05) is 18.2 Å². The smallest absolute Gasteiger partial charge is 0.195 e. The number of guanidine groups is 1. The molecule has 20 heavy (non-hydrogen) atoms. The summed E-state index contributed by atoms with van der Waals surface area (Å²) in [6, 6.07) is 5.68. The molecule has 5 nitrogen and oxygen atoms in total. The van der Waals surface area contributed by atoms with Gasteiger partial charge in [-0.25, -0.2) is 0 Å². The van der Waals surface area contributed by atoms with E-state index in [-0.39, 0.29) is 0 Å². The van der Waals surface area contributed by atoms with Crippen LogP contribution < -0.4 is 20.1 Å². The summed E-state index contributed by atoms with van der Waals surface area (Å²) in [6.07, 6.45) is 3.58. The van der Waals surface area contributed by atoms with Gasteiger partial charge in [0.2, 0.25) is 0 Å². The summed E-state index contributed by atoms with van der Waals surface area (Å²) in [6.45, 7) is 3.11. The highest BCUT2D eigenvalue weighted by atomic mass is 16.5. The third kappa shape index (κ3) is 4.99. The lowest BCUT2D eigenvalue weighted by atomic mass is 10.2. The molecule has 0 heterocycles. The predicted molar refractivity (Wildman–Crippen MR) is 84.1 cm³/mol. The number of benzene rings is 1. The molecule has 1 rings (SSSR count). The van der Waals surface area contributed by atoms with Crippen LogP contribution in [0, 0.1) is 0 Å². The van der Waals surface area contributed by atoms with Gasteiger partial charge in [-0.05, 0) is 18.6 Å². The molecular weight excluding hydrogens is 254 g/mol. The van der Waals surface area contributed by atoms with E-state index in [0.717, 1.165) is 24.6 Å². The minimum atomic E-state index is 0.693. The molecule has 0 aromatic heterocycles. The maximum Gasteiger partial charge on any atom is 0.195 e. The SMILES string of the molecule is CCCCCNC(=NC)Nc1ccc(OC)c(OC)c1. The molecule has 0 unspecified atom stereocenters. The van der Waals surface area contributed by atoms with Gasteiger partial charge in [-0.15, -0.1) is 0 Å². The standard InChI is InChI=1S/C15H25N3O2/c1-5-6-7-10-17-15(16-2)18-12-8-9-13(19-3)14(11-12)20-4/h8-9,11H,5-7,10H2,1-4H3,(H2,16,17,18). The minimum Gasteiger partial charge on any atom is -0.493 e. The molecule has 1 aromatic rings. The average Bonchev–Trinajstić information content (AvgIpc) is 2.50. The molecular formula is C15H25N3O2. The van der Waals surface area contributed by atoms with Crippen molar-refractivity contribution >= 4 is 11.6 Å². The zero-order chi connectivity index (χ0) is 14.8. The Morgan fingerprint density at radius 1 is 1.15 bits per heavy atom. The first-order valence-electron chi connectivity index (χ1n) is 6.94. The van der Waals surface area contributed by atoms with Crippen LogP contribution in [0.5, 0.6) is 11.5 Å². The third-order valence-electron chi connectivity index (χ3n) is 2.94. The van der Waals surface area contributed by atoms with Gasteiger partial charge in [-0.1, -0.05) is 19.8 Å². The van der Waals surface area contributed by atoms with Gasteiger partial charge < -0.3 is 20.1 Å². The van der Waals surface area contributed by atoms with Crippen LogP contribution >= 0.6 is 0 Å². The Kier molecular flexibility index (Phi) is 7.32. The zero-order valence-electron chi connectivity index (χ0n) is 12.8. The van der Waals surface area contributed by atoms with E-state index in [9.17, 15) is 0 Å². The van der Waals surface area contributed by atoms with E-state index in [0.29, 0.717) is 11.5 Å². The number of rotatable bonds is 7. The first-order valence-corrected chi connectivity index (χ1v) is 6.94. The van der Waals surface area contributed by atoms with E-state index in [1.54, 1.807) is 21.3 Å². The third-order valence-corrected chi connectivity index (χ3v) is 2.94. The predicted octanol–water partition coefficient (Wildman–Crippen LogP) is 2.88. The highest BCUT2D eigenvalue weighted by Crippen LogP contribution is 2.29. The van der Waals surface area contributed by atoms with Crippen molar-refractivity contribution in [2.24, 2.45) is 4.99 Å². The molecule has 0 aliphatic heterocycles. The Balaban J connectivity index is 2.61. The number of anilines is 1. The summed E-state index contributed by atoms with van der Waals surface area (Å²) in [4.78, 5) is 4.20. The second-order valence-corrected chi connectivity index (χ2v) is 4.40. The van der Waals surface area contributed by atoms with Crippen LogP contribution in [0.1, 0.15) is 26.2 Å². The summed E-state index contributed by atoms with van der Waals surface area (Å²) >= 11 is 0. The van der Waals surface area contributed by atoms with Gasteiger partial charge in [-0.2, -0.15) is 0 Å². The molecule has 0 fully saturated rings. The van der Waals surface area contributed by atoms with Crippen LogP contribution in [-0.4, -0.2) is 33.8 Å². The molecule has 112 valence electrons. The summed E-state index contributed by atoms with van der Waals surface area (Å²) in [5.74, 6) is 2.16. The number of nitrogens with zero attached hydrogens (tertiary/aromatic N) is 1. The van der Waals surface area contributed by atoms with Gasteiger partial charge >= 0.3 is 0 Å². The fraction of sp³-hybridized carbons (Fsp3) is 0.533. The topological polar surface area (TPSA) is 54.9 Å². The first-order chi connectivity index (χ1) is 9.74. The lowest BCUT2D eigenvalue weighted by Gasteiger charge is -2.14. The highest BCUT2D eigenvalue weighted by Gasteiger charge is 2.05. The van der Waals surface area contributed by atoms with E-state index in [2.05, 4.69) is 22.5 Å². The van der Waals surface area contributed by atoms with Crippen molar-refractivity contribution < 1.29 is 9.47 Å². The van der Waals surface area contributed by atoms with Crippen LogP contribution in [0.2, 0.25) is 0 Å². The van der Waals surface area contributed by atoms with Crippen molar-refractivity contribution in [2.75, 3.05) is 33.1 Å². The van der Waals surface area contributed by atoms with Crippen molar-refractivity contribution in [3.05, 3.63) is 18.2 Å². The Morgan fingerprint density at radius 3 is 2.50 bits per heavy atom. The van der Waals surface area contributed by atoms with Crippen molar-refractivity contribution in [2.45, 2.75) is 26.2 Å². The van der Waals surface area contributed by atoms with Gasteiger partial charge in [0, 0.05) is 25.3 Å². The fourth-order valence-electron chi connectivity index (χ4n) is 1.81. The Bertz CT molecular complexity index is 433. The molecule has 0 saturated heterocycles. The minimum absolute atomic E-state index is 0.693. The van der Waals surface area contributed by atoms with Gasteiger partial charge in [0.25, 0.3) is 0 Å². The van der Waals surface area contributed by atoms with Gasteiger partial charge in [0.05, 0.1) is 14.2 Å². The van der Waals surface area contributed by atoms with Gasteiger partial charge in [-0.3, -0.25) is 4.99 Å². The molecule has 0 saturated carbocycles. The lowest BCUT2D eigenvalue weighted by molar-refractivity contribution is 0.355. The molecule has 0 bridgehead atoms. The molecule has 5 heteroatoms. The molecule has 0 atom stereocenters. The summed E-state index contributed by atoms with van der Waals surface area (Å²) < 4.78 is 10.5. The van der Waals surface area contributed by atoms with E-state index in [1.165, 1.54) is 12.8 Å². The van der Waals surface area contributed by atoms with Crippen molar-refractivity contribution in [3.8, 4) is 11.5 Å². The normalized spacial score (nSPS) is 11.1. The van der Waals surface area contributed by atoms with Crippen LogP contribution in [0.25, 0.3) is 0 Å². The average molecular weight is 279 g/mol. The molecule has 0 radical (unpaired) electrons. The number of methoxy groups -OCH3 is 2. The zero-order valence-corrected chi connectivity index (χ0v) is 12.8. The number of unbranched alkanes of at least 4 members (excludes halogenated alkanes) is 2. The van der Waals surface area contributed by atoms with Crippen molar-refractivity contribution in [3.63, 3.8) is 0 Å². The Hall–Kier alpha value is -1.91. The number of ether oxygens (including phenoxy) is 2. The highest BCUT2D eigenvalue weighted by molar-refractivity contribution is 5.93. The number of nitrogens with one attached hydrogen (secondary N) is 2. The summed E-state index contributed by atoms with van der Waals surface area (Å²) in [5.41, 5.74) is 0.909. The number of aliphatic imine (C=N–C) groups is 1. The molecule has 0 amide bonds. The maximum atomic E-state index is 5.28. The number of hydrogen-bond acceptors (Lipinski definition) is 3. The molecule has 1 aromatic carbocycles. The van der Waals surface area contributed by atoms with E-state index in [4.69, 9.17) is 9.47 Å². The molecule has 0 aliphatic rings. The maximum absolute atomic E-state index is 5.28. The Labute approximate surface area is 121 Å². The quantitative estimate of drug-likeness (QED) is 0.458. The fourth-order valence-corrected chi connectivity index (χ4v) is 1.81. The van der Waals surface area contributed by atoms with Gasteiger partial charge in [0.1, 0.15) is 0 Å². The van der Waals surface area contributed by atoms with Crippen LogP contribution in [0.15, 0.2) is 23.2 Å². The van der Waals surface area contributed by atoms with E-state index < -0.39 is 0 Å². The summed E-state index contributed by atoms with van der Waals surface area (Å²) in [5, 5.41) is 6.52. The van der Waals surface area contributed by atoms with Crippen molar-refractivity contribution in [1.29, 1.82) is 0 Å². The van der Waals surface area contributed by atoms with E-state index >= 15 is 0 Å². The second kappa shape index (κ2) is 9.07. The molecule has 2 N–H and O–H groups in total. The molecule has 0 spiro atoms. The monoisotopic (exact) mass is 279 g/mol. The Morgan fingerprint density at radius 2 is 1.90 bits per heavy atom. The lowest BCUT2D eigenvalue weighted by Crippen LogP contribution is -2.31. The van der Waals surface area contributed by atoms with Crippen LogP contribution in [0.3, 0.4) is 0 Å². The summed E-state index contributed by atoms with van der Waals surface area (Å²) in [7, 11) is 5.01. The number of hydrogen-bond donors (Lipinski definition) is 2. The van der Waals surface area contributed by atoms with Crippen LogP contribution in [-0.2, 0) is 0 Å². The largest absolute Gasteiger partial charge is 0.493 e.